The zero-order chi connectivity index (χ0) is 21.1. The van der Waals surface area contributed by atoms with Gasteiger partial charge in [0, 0.05) is 44.7 Å². The molecule has 1 amide bonds. The van der Waals surface area contributed by atoms with Crippen molar-refractivity contribution in [3.05, 3.63) is 59.2 Å². The number of carbonyl (C=O) groups is 2. The maximum atomic E-state index is 12.8. The first kappa shape index (κ1) is 20.4. The van der Waals surface area contributed by atoms with Crippen molar-refractivity contribution in [1.29, 1.82) is 0 Å². The van der Waals surface area contributed by atoms with E-state index in [4.69, 9.17) is 9.47 Å². The highest BCUT2D eigenvalue weighted by Crippen LogP contribution is 2.26. The monoisotopic (exact) mass is 408 g/mol. The summed E-state index contributed by atoms with van der Waals surface area (Å²) in [5, 5.41) is 0. The van der Waals surface area contributed by atoms with E-state index in [2.05, 4.69) is 23.1 Å². The van der Waals surface area contributed by atoms with Gasteiger partial charge in [-0.05, 0) is 43.2 Å². The molecule has 0 aliphatic carbocycles. The molecule has 6 heteroatoms. The Bertz CT molecular complexity index is 935. The Morgan fingerprint density at radius 1 is 1.10 bits per heavy atom. The fourth-order valence-electron chi connectivity index (χ4n) is 4.02. The normalized spacial score (nSPS) is 17.2. The number of ketones is 1. The quantitative estimate of drug-likeness (QED) is 0.688. The van der Waals surface area contributed by atoms with Crippen molar-refractivity contribution in [3.8, 4) is 11.5 Å². The Labute approximate surface area is 177 Å². The number of hydrogen-bond donors (Lipinski definition) is 0. The maximum absolute atomic E-state index is 12.8. The van der Waals surface area contributed by atoms with Gasteiger partial charge in [-0.15, -0.1) is 0 Å². The number of nitrogens with zero attached hydrogens (tertiary/aromatic N) is 2. The Morgan fingerprint density at radius 3 is 2.67 bits per heavy atom. The van der Waals surface area contributed by atoms with Gasteiger partial charge in [0.2, 0.25) is 0 Å². The standard InChI is InChI=1S/C24H28N2O4/c1-17(27)20-4-3-5-22(15-20)30-18(2)24(28)26-11-9-25(10-12-26)16-19-6-7-23-21(14-19)8-13-29-23/h3-7,14-15,18H,8-13,16H2,1-2H3. The fourth-order valence-corrected chi connectivity index (χ4v) is 4.02. The van der Waals surface area contributed by atoms with E-state index < -0.39 is 6.10 Å². The second-order valence-corrected chi connectivity index (χ2v) is 7.99. The van der Waals surface area contributed by atoms with E-state index in [1.54, 1.807) is 31.2 Å². The van der Waals surface area contributed by atoms with Crippen LogP contribution < -0.4 is 9.47 Å². The number of Topliss-reactive ketones (excluding diaryl/α,β-unsaturated/α-hetero) is 1. The van der Waals surface area contributed by atoms with Crippen LogP contribution in [0.4, 0.5) is 0 Å². The molecule has 2 aliphatic rings. The molecule has 30 heavy (non-hydrogen) atoms. The van der Waals surface area contributed by atoms with E-state index in [-0.39, 0.29) is 11.7 Å². The molecule has 0 spiro atoms. The van der Waals surface area contributed by atoms with E-state index in [9.17, 15) is 9.59 Å². The van der Waals surface area contributed by atoms with Crippen LogP contribution in [0.3, 0.4) is 0 Å². The second-order valence-electron chi connectivity index (χ2n) is 7.99. The predicted octanol–water partition coefficient (Wildman–Crippen LogP) is 2.94. The molecule has 1 saturated heterocycles. The molecule has 0 saturated carbocycles. The van der Waals surface area contributed by atoms with Crippen molar-refractivity contribution in [3.63, 3.8) is 0 Å². The third-order valence-electron chi connectivity index (χ3n) is 5.75. The Kier molecular flexibility index (Phi) is 6.04. The number of hydrogen-bond acceptors (Lipinski definition) is 5. The van der Waals surface area contributed by atoms with Crippen LogP contribution in [0.15, 0.2) is 42.5 Å². The van der Waals surface area contributed by atoms with Crippen molar-refractivity contribution >= 4 is 11.7 Å². The van der Waals surface area contributed by atoms with Crippen LogP contribution in [0.1, 0.15) is 35.3 Å². The lowest BCUT2D eigenvalue weighted by Crippen LogP contribution is -2.51. The van der Waals surface area contributed by atoms with Gasteiger partial charge < -0.3 is 14.4 Å². The number of carbonyl (C=O) groups excluding carboxylic acids is 2. The minimum absolute atomic E-state index is 0.0162. The Balaban J connectivity index is 1.28. The lowest BCUT2D eigenvalue weighted by Gasteiger charge is -2.36. The van der Waals surface area contributed by atoms with Gasteiger partial charge in [0.15, 0.2) is 11.9 Å². The highest BCUT2D eigenvalue weighted by molar-refractivity contribution is 5.94. The van der Waals surface area contributed by atoms with Crippen LogP contribution in [0, 0.1) is 0 Å². The van der Waals surface area contributed by atoms with Crippen LogP contribution >= 0.6 is 0 Å². The molecule has 0 N–H and O–H groups in total. The number of benzene rings is 2. The molecule has 2 aromatic carbocycles. The molecule has 6 nitrogen and oxygen atoms in total. The minimum Gasteiger partial charge on any atom is -0.493 e. The fraction of sp³-hybridized carbons (Fsp3) is 0.417. The highest BCUT2D eigenvalue weighted by Gasteiger charge is 2.26. The summed E-state index contributed by atoms with van der Waals surface area (Å²) in [4.78, 5) is 28.6. The van der Waals surface area contributed by atoms with Gasteiger partial charge >= 0.3 is 0 Å². The average molecular weight is 408 g/mol. The number of piperazine rings is 1. The van der Waals surface area contributed by atoms with Gasteiger partial charge in [0.1, 0.15) is 11.5 Å². The van der Waals surface area contributed by atoms with E-state index >= 15 is 0 Å². The maximum Gasteiger partial charge on any atom is 0.263 e. The molecule has 1 atom stereocenters. The number of ether oxygens (including phenoxy) is 2. The second kappa shape index (κ2) is 8.88. The van der Waals surface area contributed by atoms with Gasteiger partial charge in [0.25, 0.3) is 5.91 Å². The summed E-state index contributed by atoms with van der Waals surface area (Å²) in [6, 6.07) is 13.4. The molecule has 4 rings (SSSR count). The van der Waals surface area contributed by atoms with E-state index in [0.29, 0.717) is 24.4 Å². The lowest BCUT2D eigenvalue weighted by atomic mass is 10.1. The molecule has 2 aromatic rings. The molecule has 2 aliphatic heterocycles. The summed E-state index contributed by atoms with van der Waals surface area (Å²) < 4.78 is 11.4. The summed E-state index contributed by atoms with van der Waals surface area (Å²) in [5.41, 5.74) is 3.17. The lowest BCUT2D eigenvalue weighted by molar-refractivity contribution is -0.139. The van der Waals surface area contributed by atoms with Crippen LogP contribution in [0.25, 0.3) is 0 Å². The number of fused-ring (bicyclic) bond motifs is 1. The molecule has 1 unspecified atom stereocenters. The van der Waals surface area contributed by atoms with Crippen molar-refractivity contribution in [1.82, 2.24) is 9.80 Å². The summed E-state index contributed by atoms with van der Waals surface area (Å²) in [5.74, 6) is 1.52. The van der Waals surface area contributed by atoms with Gasteiger partial charge in [-0.3, -0.25) is 14.5 Å². The molecule has 0 bridgehead atoms. The first-order chi connectivity index (χ1) is 14.5. The van der Waals surface area contributed by atoms with Crippen molar-refractivity contribution in [2.45, 2.75) is 32.9 Å². The summed E-state index contributed by atoms with van der Waals surface area (Å²) >= 11 is 0. The average Bonchev–Trinajstić information content (AvgIpc) is 3.22. The van der Waals surface area contributed by atoms with E-state index in [1.807, 2.05) is 4.90 Å². The molecule has 0 radical (unpaired) electrons. The first-order valence-corrected chi connectivity index (χ1v) is 10.5. The van der Waals surface area contributed by atoms with Crippen LogP contribution in [-0.4, -0.2) is 60.4 Å². The minimum atomic E-state index is -0.588. The van der Waals surface area contributed by atoms with E-state index in [1.165, 1.54) is 18.1 Å². The van der Waals surface area contributed by atoms with Crippen LogP contribution in [0.2, 0.25) is 0 Å². The molecular weight excluding hydrogens is 380 g/mol. The predicted molar refractivity (Wildman–Crippen MR) is 114 cm³/mol. The van der Waals surface area contributed by atoms with Crippen molar-refractivity contribution in [2.24, 2.45) is 0 Å². The first-order valence-electron chi connectivity index (χ1n) is 10.5. The highest BCUT2D eigenvalue weighted by atomic mass is 16.5. The van der Waals surface area contributed by atoms with Crippen LogP contribution in [0.5, 0.6) is 11.5 Å². The summed E-state index contributed by atoms with van der Waals surface area (Å²) in [6.45, 7) is 8.00. The number of amides is 1. The number of rotatable bonds is 6. The van der Waals surface area contributed by atoms with Gasteiger partial charge in [-0.2, -0.15) is 0 Å². The smallest absolute Gasteiger partial charge is 0.263 e. The Hall–Kier alpha value is -2.86. The van der Waals surface area contributed by atoms with Crippen molar-refractivity contribution < 1.29 is 19.1 Å². The molecular formula is C24H28N2O4. The Morgan fingerprint density at radius 2 is 1.90 bits per heavy atom. The van der Waals surface area contributed by atoms with Gasteiger partial charge in [0.05, 0.1) is 6.61 Å². The van der Waals surface area contributed by atoms with Crippen LogP contribution in [-0.2, 0) is 17.8 Å². The van der Waals surface area contributed by atoms with E-state index in [0.717, 1.165) is 38.4 Å². The molecule has 0 aromatic heterocycles. The third-order valence-corrected chi connectivity index (χ3v) is 5.75. The van der Waals surface area contributed by atoms with Gasteiger partial charge in [-0.1, -0.05) is 24.3 Å². The van der Waals surface area contributed by atoms with Gasteiger partial charge in [-0.25, -0.2) is 0 Å². The molecule has 158 valence electrons. The molecule has 2 heterocycles. The summed E-state index contributed by atoms with van der Waals surface area (Å²) in [6.07, 6.45) is 0.397. The molecule has 1 fully saturated rings. The topological polar surface area (TPSA) is 59.1 Å². The van der Waals surface area contributed by atoms with Crippen molar-refractivity contribution in [2.75, 3.05) is 32.8 Å². The zero-order valence-corrected chi connectivity index (χ0v) is 17.6. The SMILES string of the molecule is CC(=O)c1cccc(OC(C)C(=O)N2CCN(Cc3ccc4c(c3)CCO4)CC2)c1. The zero-order valence-electron chi connectivity index (χ0n) is 17.6. The largest absolute Gasteiger partial charge is 0.493 e. The third kappa shape index (κ3) is 4.65. The summed E-state index contributed by atoms with van der Waals surface area (Å²) in [7, 11) is 0.